The van der Waals surface area contributed by atoms with Gasteiger partial charge in [0.05, 0.1) is 21.2 Å². The molecule has 0 aliphatic carbocycles. The Balaban J connectivity index is 2.44. The largest absolute Gasteiger partial charge is 0.497 e. The van der Waals surface area contributed by atoms with Crippen molar-refractivity contribution in [1.82, 2.24) is 0 Å². The fourth-order valence-electron chi connectivity index (χ4n) is 1.72. The lowest BCUT2D eigenvalue weighted by Gasteiger charge is -2.32. The van der Waals surface area contributed by atoms with Crippen molar-refractivity contribution in [3.05, 3.63) is 27.2 Å². The Morgan fingerprint density at radius 3 is 1.83 bits per heavy atom. The van der Waals surface area contributed by atoms with Crippen molar-refractivity contribution in [3.8, 4) is 0 Å². The summed E-state index contributed by atoms with van der Waals surface area (Å²) < 4.78 is 11.8. The molecule has 6 heteroatoms. The molecule has 0 amide bonds. The molecule has 0 saturated carbocycles. The summed E-state index contributed by atoms with van der Waals surface area (Å²) in [6.45, 7) is 7.89. The van der Waals surface area contributed by atoms with Crippen molar-refractivity contribution in [2.45, 2.75) is 38.9 Å². The molecule has 1 aliphatic heterocycles. The van der Waals surface area contributed by atoms with Crippen LogP contribution in [0.5, 0.6) is 0 Å². The minimum Gasteiger partial charge on any atom is -0.399 e. The summed E-state index contributed by atoms with van der Waals surface area (Å²) in [5, 5.41) is 1.30. The molecule has 1 aromatic rings. The van der Waals surface area contributed by atoms with E-state index in [9.17, 15) is 0 Å². The molecule has 0 radical (unpaired) electrons. The molecule has 98 valence electrons. The fraction of sp³-hybridized carbons (Fsp3) is 0.500. The highest BCUT2D eigenvalue weighted by atomic mass is 35.5. The Kier molecular flexibility index (Phi) is 3.68. The standard InChI is InChI=1S/C12H14BCl3O2/c1-11(2)12(3,4)18-13(17-11)9-7(14)5-6-8(15)10(9)16/h5-6H,1-4H3. The van der Waals surface area contributed by atoms with Crippen molar-refractivity contribution in [2.75, 3.05) is 0 Å². The van der Waals surface area contributed by atoms with Crippen molar-refractivity contribution >= 4 is 47.4 Å². The Morgan fingerprint density at radius 2 is 1.33 bits per heavy atom. The molecule has 2 nitrogen and oxygen atoms in total. The van der Waals surface area contributed by atoms with E-state index < -0.39 is 18.3 Å². The Bertz CT molecular complexity index is 472. The zero-order chi connectivity index (χ0) is 13.7. The van der Waals surface area contributed by atoms with Crippen LogP contribution in [0.4, 0.5) is 0 Å². The molecule has 0 aromatic heterocycles. The van der Waals surface area contributed by atoms with Crippen LogP contribution in [-0.2, 0) is 9.31 Å². The summed E-state index contributed by atoms with van der Waals surface area (Å²) in [4.78, 5) is 0. The van der Waals surface area contributed by atoms with Gasteiger partial charge < -0.3 is 9.31 Å². The first-order valence-corrected chi connectivity index (χ1v) is 6.78. The maximum Gasteiger partial charge on any atom is 0.497 e. The molecule has 1 heterocycles. The van der Waals surface area contributed by atoms with Gasteiger partial charge in [-0.25, -0.2) is 0 Å². The van der Waals surface area contributed by atoms with Crippen LogP contribution in [0.25, 0.3) is 0 Å². The first kappa shape index (κ1) is 14.5. The third kappa shape index (κ3) is 2.27. The lowest BCUT2D eigenvalue weighted by atomic mass is 9.79. The third-order valence-corrected chi connectivity index (χ3v) is 4.72. The Labute approximate surface area is 123 Å². The second kappa shape index (κ2) is 4.57. The Hall–Kier alpha value is 0.0749. The quantitative estimate of drug-likeness (QED) is 0.578. The molecule has 1 fully saturated rings. The molecule has 0 unspecified atom stereocenters. The van der Waals surface area contributed by atoms with Crippen LogP contribution in [0.3, 0.4) is 0 Å². The van der Waals surface area contributed by atoms with Crippen LogP contribution in [0, 0.1) is 0 Å². The fourth-order valence-corrected chi connectivity index (χ4v) is 2.43. The van der Waals surface area contributed by atoms with E-state index in [0.29, 0.717) is 20.5 Å². The third-order valence-electron chi connectivity index (χ3n) is 3.57. The number of hydrogen-bond donors (Lipinski definition) is 0. The monoisotopic (exact) mass is 306 g/mol. The van der Waals surface area contributed by atoms with Gasteiger partial charge in [0.2, 0.25) is 0 Å². The van der Waals surface area contributed by atoms with Crippen LogP contribution in [0.1, 0.15) is 27.7 Å². The average molecular weight is 307 g/mol. The number of hydrogen-bond acceptors (Lipinski definition) is 2. The molecule has 0 N–H and O–H groups in total. The summed E-state index contributed by atoms with van der Waals surface area (Å²) in [5.74, 6) is 0. The van der Waals surface area contributed by atoms with Gasteiger partial charge in [0, 0.05) is 10.5 Å². The van der Waals surface area contributed by atoms with Gasteiger partial charge >= 0.3 is 7.12 Å². The molecular weight excluding hydrogens is 293 g/mol. The van der Waals surface area contributed by atoms with Crippen molar-refractivity contribution in [1.29, 1.82) is 0 Å². The predicted molar refractivity (Wildman–Crippen MR) is 77.2 cm³/mol. The van der Waals surface area contributed by atoms with E-state index in [0.717, 1.165) is 0 Å². The molecule has 1 aliphatic rings. The van der Waals surface area contributed by atoms with E-state index in [1.165, 1.54) is 0 Å². The summed E-state index contributed by atoms with van der Waals surface area (Å²) in [6.07, 6.45) is 0. The lowest BCUT2D eigenvalue weighted by molar-refractivity contribution is 0.00578. The van der Waals surface area contributed by atoms with Crippen molar-refractivity contribution < 1.29 is 9.31 Å². The van der Waals surface area contributed by atoms with E-state index in [4.69, 9.17) is 44.1 Å². The predicted octanol–water partition coefficient (Wildman–Crippen LogP) is 3.95. The summed E-state index contributed by atoms with van der Waals surface area (Å²) >= 11 is 18.4. The van der Waals surface area contributed by atoms with Gasteiger partial charge in [-0.2, -0.15) is 0 Å². The normalized spacial score (nSPS) is 21.4. The van der Waals surface area contributed by atoms with Gasteiger partial charge in [0.15, 0.2) is 0 Å². The van der Waals surface area contributed by atoms with Crippen molar-refractivity contribution in [2.24, 2.45) is 0 Å². The van der Waals surface area contributed by atoms with Crippen LogP contribution >= 0.6 is 34.8 Å². The molecule has 0 bridgehead atoms. The van der Waals surface area contributed by atoms with Crippen LogP contribution in [0.15, 0.2) is 12.1 Å². The highest BCUT2D eigenvalue weighted by Crippen LogP contribution is 2.38. The average Bonchev–Trinajstić information content (AvgIpc) is 2.43. The van der Waals surface area contributed by atoms with E-state index in [-0.39, 0.29) is 0 Å². The van der Waals surface area contributed by atoms with Gasteiger partial charge in [0.25, 0.3) is 0 Å². The minimum absolute atomic E-state index is 0.377. The summed E-state index contributed by atoms with van der Waals surface area (Å²) in [6, 6.07) is 3.34. The first-order chi connectivity index (χ1) is 8.16. The van der Waals surface area contributed by atoms with Gasteiger partial charge in [-0.1, -0.05) is 34.8 Å². The van der Waals surface area contributed by atoms with Crippen molar-refractivity contribution in [3.63, 3.8) is 0 Å². The van der Waals surface area contributed by atoms with Crippen LogP contribution in [0.2, 0.25) is 15.1 Å². The maximum absolute atomic E-state index is 6.19. The zero-order valence-electron chi connectivity index (χ0n) is 10.7. The van der Waals surface area contributed by atoms with E-state index in [1.807, 2.05) is 27.7 Å². The maximum atomic E-state index is 6.19. The zero-order valence-corrected chi connectivity index (χ0v) is 13.0. The molecule has 1 aromatic carbocycles. The van der Waals surface area contributed by atoms with E-state index >= 15 is 0 Å². The highest BCUT2D eigenvalue weighted by molar-refractivity contribution is 6.69. The SMILES string of the molecule is CC1(C)OB(c2c(Cl)ccc(Cl)c2Cl)OC1(C)C. The van der Waals surface area contributed by atoms with E-state index in [2.05, 4.69) is 0 Å². The molecule has 18 heavy (non-hydrogen) atoms. The van der Waals surface area contributed by atoms with E-state index in [1.54, 1.807) is 12.1 Å². The number of benzene rings is 1. The van der Waals surface area contributed by atoms with Gasteiger partial charge in [-0.05, 0) is 39.8 Å². The van der Waals surface area contributed by atoms with Crippen LogP contribution < -0.4 is 5.46 Å². The lowest BCUT2D eigenvalue weighted by Crippen LogP contribution is -2.41. The topological polar surface area (TPSA) is 18.5 Å². The van der Waals surface area contributed by atoms with Gasteiger partial charge in [-0.15, -0.1) is 0 Å². The smallest absolute Gasteiger partial charge is 0.399 e. The molecule has 0 spiro atoms. The molecule has 0 atom stereocenters. The number of halogens is 3. The highest BCUT2D eigenvalue weighted by Gasteiger charge is 2.52. The number of rotatable bonds is 1. The summed E-state index contributed by atoms with van der Waals surface area (Å²) in [7, 11) is -0.603. The minimum atomic E-state index is -0.603. The molecule has 1 saturated heterocycles. The first-order valence-electron chi connectivity index (χ1n) is 5.65. The van der Waals surface area contributed by atoms with Gasteiger partial charge in [-0.3, -0.25) is 0 Å². The molecule has 2 rings (SSSR count). The second-order valence-corrected chi connectivity index (χ2v) is 6.54. The van der Waals surface area contributed by atoms with Gasteiger partial charge in [0.1, 0.15) is 0 Å². The Morgan fingerprint density at radius 1 is 0.889 bits per heavy atom. The van der Waals surface area contributed by atoms with Crippen LogP contribution in [-0.4, -0.2) is 18.3 Å². The molecular formula is C12H14BCl3O2. The summed E-state index contributed by atoms with van der Waals surface area (Å²) in [5.41, 5.74) is -0.288. The second-order valence-electron chi connectivity index (χ2n) is 5.35.